The Hall–Kier alpha value is -2.17. The van der Waals surface area contributed by atoms with Crippen molar-refractivity contribution >= 4 is 5.91 Å². The van der Waals surface area contributed by atoms with Crippen molar-refractivity contribution in [3.05, 3.63) is 36.6 Å². The Balaban J connectivity index is 2.54. The molecule has 0 spiro atoms. The van der Waals surface area contributed by atoms with Gasteiger partial charge >= 0.3 is 0 Å². The molecular formula is C14H19NO4. The molecule has 0 aromatic heterocycles. The number of carbonyl (C=O) groups excluding carboxylic acids is 1. The second-order valence-corrected chi connectivity index (χ2v) is 3.72. The normalized spacial score (nSPS) is 9.58. The maximum Gasteiger partial charge on any atom is 0.251 e. The van der Waals surface area contributed by atoms with Gasteiger partial charge in [0, 0.05) is 12.1 Å². The fourth-order valence-electron chi connectivity index (χ4n) is 1.52. The summed E-state index contributed by atoms with van der Waals surface area (Å²) in [5, 5.41) is 2.80. The Labute approximate surface area is 113 Å². The highest BCUT2D eigenvalue weighted by Crippen LogP contribution is 2.27. The Morgan fingerprint density at radius 3 is 2.68 bits per heavy atom. The van der Waals surface area contributed by atoms with Crippen LogP contribution >= 0.6 is 0 Å². The van der Waals surface area contributed by atoms with Gasteiger partial charge in [-0.05, 0) is 24.6 Å². The van der Waals surface area contributed by atoms with Crippen LogP contribution < -0.4 is 14.8 Å². The Morgan fingerprint density at radius 2 is 2.05 bits per heavy atom. The second-order valence-electron chi connectivity index (χ2n) is 3.72. The van der Waals surface area contributed by atoms with Crippen LogP contribution in [0.15, 0.2) is 31.0 Å². The topological polar surface area (TPSA) is 56.8 Å². The molecule has 1 aromatic rings. The van der Waals surface area contributed by atoms with Gasteiger partial charge in [-0.1, -0.05) is 6.58 Å². The first-order valence-electron chi connectivity index (χ1n) is 5.95. The van der Waals surface area contributed by atoms with E-state index in [2.05, 4.69) is 11.9 Å². The van der Waals surface area contributed by atoms with Crippen LogP contribution in [0.3, 0.4) is 0 Å². The quantitative estimate of drug-likeness (QED) is 0.577. The lowest BCUT2D eigenvalue weighted by Gasteiger charge is -2.10. The summed E-state index contributed by atoms with van der Waals surface area (Å²) in [6.07, 6.45) is 2.11. The van der Waals surface area contributed by atoms with Crippen LogP contribution in [0.5, 0.6) is 11.5 Å². The SMILES string of the molecule is C=COCCCNC(=O)c1ccc(OC)c(OC)c1. The smallest absolute Gasteiger partial charge is 0.251 e. The second kappa shape index (κ2) is 8.02. The summed E-state index contributed by atoms with van der Waals surface area (Å²) in [6.45, 7) is 4.52. The van der Waals surface area contributed by atoms with Crippen molar-refractivity contribution in [2.75, 3.05) is 27.4 Å². The Bertz CT molecular complexity index is 431. The molecule has 5 heteroatoms. The number of ether oxygens (including phenoxy) is 3. The van der Waals surface area contributed by atoms with Crippen molar-refractivity contribution in [2.24, 2.45) is 0 Å². The van der Waals surface area contributed by atoms with Gasteiger partial charge in [-0.3, -0.25) is 4.79 Å². The molecule has 0 fully saturated rings. The van der Waals surface area contributed by atoms with Crippen molar-refractivity contribution in [2.45, 2.75) is 6.42 Å². The maximum absolute atomic E-state index is 11.9. The molecule has 0 atom stereocenters. The van der Waals surface area contributed by atoms with E-state index < -0.39 is 0 Å². The third kappa shape index (κ3) is 4.54. The molecular weight excluding hydrogens is 246 g/mol. The molecule has 0 aliphatic rings. The number of nitrogens with one attached hydrogen (secondary N) is 1. The molecule has 0 heterocycles. The zero-order chi connectivity index (χ0) is 14.1. The largest absolute Gasteiger partial charge is 0.502 e. The van der Waals surface area contributed by atoms with Gasteiger partial charge in [-0.2, -0.15) is 0 Å². The molecule has 104 valence electrons. The van der Waals surface area contributed by atoms with Gasteiger partial charge in [0.25, 0.3) is 5.91 Å². The first kappa shape index (κ1) is 14.9. The van der Waals surface area contributed by atoms with Crippen molar-refractivity contribution in [1.29, 1.82) is 0 Å². The molecule has 0 radical (unpaired) electrons. The van der Waals surface area contributed by atoms with E-state index in [0.717, 1.165) is 6.42 Å². The van der Waals surface area contributed by atoms with Gasteiger partial charge in [0.1, 0.15) is 0 Å². The van der Waals surface area contributed by atoms with Crippen LogP contribution in [0.2, 0.25) is 0 Å². The van der Waals surface area contributed by atoms with Crippen molar-refractivity contribution in [3.63, 3.8) is 0 Å². The van der Waals surface area contributed by atoms with Gasteiger partial charge in [0.2, 0.25) is 0 Å². The highest BCUT2D eigenvalue weighted by atomic mass is 16.5. The molecule has 19 heavy (non-hydrogen) atoms. The predicted octanol–water partition coefficient (Wildman–Crippen LogP) is 1.98. The monoisotopic (exact) mass is 265 g/mol. The van der Waals surface area contributed by atoms with Crippen LogP contribution in [0.25, 0.3) is 0 Å². The number of methoxy groups -OCH3 is 2. The molecule has 0 bridgehead atoms. The van der Waals surface area contributed by atoms with Gasteiger partial charge in [0.15, 0.2) is 11.5 Å². The number of rotatable bonds is 8. The van der Waals surface area contributed by atoms with Gasteiger partial charge in [-0.15, -0.1) is 0 Å². The van der Waals surface area contributed by atoms with E-state index in [9.17, 15) is 4.79 Å². The number of carbonyl (C=O) groups is 1. The highest BCUT2D eigenvalue weighted by molar-refractivity contribution is 5.94. The van der Waals surface area contributed by atoms with Crippen LogP contribution in [0.1, 0.15) is 16.8 Å². The van der Waals surface area contributed by atoms with Crippen LogP contribution in [-0.4, -0.2) is 33.3 Å². The van der Waals surface area contributed by atoms with E-state index in [1.54, 1.807) is 25.3 Å². The maximum atomic E-state index is 11.9. The molecule has 1 amide bonds. The third-order valence-corrected chi connectivity index (χ3v) is 2.49. The summed E-state index contributed by atoms with van der Waals surface area (Å²) in [6, 6.07) is 5.04. The number of benzene rings is 1. The van der Waals surface area contributed by atoms with Gasteiger partial charge in [0.05, 0.1) is 27.1 Å². The highest BCUT2D eigenvalue weighted by Gasteiger charge is 2.09. The van der Waals surface area contributed by atoms with Gasteiger partial charge in [-0.25, -0.2) is 0 Å². The minimum Gasteiger partial charge on any atom is -0.502 e. The zero-order valence-electron chi connectivity index (χ0n) is 11.3. The van der Waals surface area contributed by atoms with E-state index in [-0.39, 0.29) is 5.91 Å². The first-order valence-corrected chi connectivity index (χ1v) is 5.95. The van der Waals surface area contributed by atoms with Crippen molar-refractivity contribution < 1.29 is 19.0 Å². The van der Waals surface area contributed by atoms with E-state index in [1.807, 2.05) is 0 Å². The van der Waals surface area contributed by atoms with Crippen molar-refractivity contribution in [3.8, 4) is 11.5 Å². The van der Waals surface area contributed by atoms with E-state index >= 15 is 0 Å². The fourth-order valence-corrected chi connectivity index (χ4v) is 1.52. The summed E-state index contributed by atoms with van der Waals surface area (Å²) < 4.78 is 15.2. The Kier molecular flexibility index (Phi) is 6.29. The lowest BCUT2D eigenvalue weighted by molar-refractivity contribution is 0.0950. The van der Waals surface area contributed by atoms with E-state index in [1.165, 1.54) is 13.4 Å². The number of amides is 1. The molecule has 0 unspecified atom stereocenters. The molecule has 1 rings (SSSR count). The van der Waals surface area contributed by atoms with Crippen LogP contribution in [-0.2, 0) is 4.74 Å². The lowest BCUT2D eigenvalue weighted by atomic mass is 10.2. The predicted molar refractivity (Wildman–Crippen MR) is 72.6 cm³/mol. The van der Waals surface area contributed by atoms with E-state index in [4.69, 9.17) is 14.2 Å². The standard InChI is InChI=1S/C14H19NO4/c1-4-19-9-5-8-15-14(16)11-6-7-12(17-2)13(10-11)18-3/h4,6-7,10H,1,5,8-9H2,2-3H3,(H,15,16). The summed E-state index contributed by atoms with van der Waals surface area (Å²) in [5.74, 6) is 0.975. The minimum absolute atomic E-state index is 0.153. The van der Waals surface area contributed by atoms with Crippen molar-refractivity contribution in [1.82, 2.24) is 5.32 Å². The van der Waals surface area contributed by atoms with Crippen LogP contribution in [0, 0.1) is 0 Å². The Morgan fingerprint density at radius 1 is 1.32 bits per heavy atom. The van der Waals surface area contributed by atoms with E-state index in [0.29, 0.717) is 30.2 Å². The average molecular weight is 265 g/mol. The molecule has 1 N–H and O–H groups in total. The third-order valence-electron chi connectivity index (χ3n) is 2.49. The molecule has 0 aliphatic heterocycles. The van der Waals surface area contributed by atoms with Gasteiger partial charge < -0.3 is 19.5 Å². The lowest BCUT2D eigenvalue weighted by Crippen LogP contribution is -2.25. The molecule has 0 saturated heterocycles. The number of hydrogen-bond acceptors (Lipinski definition) is 4. The summed E-state index contributed by atoms with van der Waals surface area (Å²) in [5.41, 5.74) is 0.530. The molecule has 0 aliphatic carbocycles. The minimum atomic E-state index is -0.153. The zero-order valence-corrected chi connectivity index (χ0v) is 11.3. The number of hydrogen-bond donors (Lipinski definition) is 1. The van der Waals surface area contributed by atoms with Crippen LogP contribution in [0.4, 0.5) is 0 Å². The molecule has 1 aromatic carbocycles. The molecule has 0 saturated carbocycles. The summed E-state index contributed by atoms with van der Waals surface area (Å²) >= 11 is 0. The first-order chi connectivity index (χ1) is 9.22. The average Bonchev–Trinajstić information content (AvgIpc) is 2.46. The summed E-state index contributed by atoms with van der Waals surface area (Å²) in [7, 11) is 3.09. The fraction of sp³-hybridized carbons (Fsp3) is 0.357. The summed E-state index contributed by atoms with van der Waals surface area (Å²) in [4.78, 5) is 11.9. The molecule has 5 nitrogen and oxygen atoms in total.